The number of rotatable bonds is 5. The Bertz CT molecular complexity index is 191. The highest BCUT2D eigenvalue weighted by atomic mass is 16.5. The van der Waals surface area contributed by atoms with E-state index in [1.54, 1.807) is 7.11 Å². The van der Waals surface area contributed by atoms with E-state index in [1.807, 2.05) is 0 Å². The summed E-state index contributed by atoms with van der Waals surface area (Å²) in [5.74, 6) is 0.0660. The van der Waals surface area contributed by atoms with Crippen LogP contribution in [0.1, 0.15) is 12.8 Å². The number of nitrogens with one attached hydrogen (secondary N) is 1. The minimum absolute atomic E-state index is 0.0660. The third-order valence-electron chi connectivity index (χ3n) is 2.70. The Morgan fingerprint density at radius 3 is 2.73 bits per heavy atom. The van der Waals surface area contributed by atoms with E-state index < -0.39 is 0 Å². The Morgan fingerprint density at radius 2 is 2.20 bits per heavy atom. The highest BCUT2D eigenvalue weighted by molar-refractivity contribution is 5.77. The summed E-state index contributed by atoms with van der Waals surface area (Å²) in [6, 6.07) is 0. The number of piperidine rings is 1. The van der Waals surface area contributed by atoms with Gasteiger partial charge in [0.15, 0.2) is 0 Å². The number of hydrogen-bond acceptors (Lipinski definition) is 4. The van der Waals surface area contributed by atoms with Crippen LogP contribution >= 0.6 is 0 Å². The lowest BCUT2D eigenvalue weighted by molar-refractivity contribution is -0.122. The molecule has 0 aromatic carbocycles. The van der Waals surface area contributed by atoms with Crippen LogP contribution in [0.3, 0.4) is 0 Å². The van der Waals surface area contributed by atoms with E-state index in [9.17, 15) is 4.79 Å². The van der Waals surface area contributed by atoms with Crippen LogP contribution in [0.4, 0.5) is 0 Å². The van der Waals surface area contributed by atoms with E-state index in [0.717, 1.165) is 25.9 Å². The summed E-state index contributed by atoms with van der Waals surface area (Å²) in [5, 5.41) is 2.77. The van der Waals surface area contributed by atoms with E-state index >= 15 is 0 Å². The maximum absolute atomic E-state index is 11.4. The highest BCUT2D eigenvalue weighted by Gasteiger charge is 2.19. The van der Waals surface area contributed by atoms with Gasteiger partial charge in [0.25, 0.3) is 0 Å². The van der Waals surface area contributed by atoms with Crippen molar-refractivity contribution in [3.63, 3.8) is 0 Å². The number of methoxy groups -OCH3 is 1. The molecule has 0 unspecified atom stereocenters. The predicted molar refractivity (Wildman–Crippen MR) is 58.5 cm³/mol. The van der Waals surface area contributed by atoms with Crippen molar-refractivity contribution in [2.24, 2.45) is 5.73 Å². The van der Waals surface area contributed by atoms with Crippen molar-refractivity contribution >= 4 is 5.91 Å². The predicted octanol–water partition coefficient (Wildman–Crippen LogP) is -0.828. The Labute approximate surface area is 90.9 Å². The molecule has 0 aromatic heterocycles. The maximum atomic E-state index is 11.4. The van der Waals surface area contributed by atoms with E-state index in [0.29, 0.717) is 25.7 Å². The van der Waals surface area contributed by atoms with Crippen LogP contribution in [0.25, 0.3) is 0 Å². The summed E-state index contributed by atoms with van der Waals surface area (Å²) in [6.07, 6.45) is 2.40. The number of hydrogen-bond donors (Lipinski definition) is 2. The second-order valence-corrected chi connectivity index (χ2v) is 3.85. The Balaban J connectivity index is 2.15. The first-order valence-corrected chi connectivity index (χ1v) is 5.48. The zero-order chi connectivity index (χ0) is 11.1. The van der Waals surface area contributed by atoms with Crippen LogP contribution in [0.2, 0.25) is 0 Å². The van der Waals surface area contributed by atoms with Gasteiger partial charge in [-0.2, -0.15) is 0 Å². The van der Waals surface area contributed by atoms with Gasteiger partial charge in [0.2, 0.25) is 5.91 Å². The Kier molecular flexibility index (Phi) is 5.60. The Morgan fingerprint density at radius 1 is 1.53 bits per heavy atom. The molecule has 0 saturated carbocycles. The van der Waals surface area contributed by atoms with E-state index in [-0.39, 0.29) is 5.91 Å². The van der Waals surface area contributed by atoms with Crippen LogP contribution < -0.4 is 11.1 Å². The molecule has 1 heterocycles. The lowest BCUT2D eigenvalue weighted by Gasteiger charge is -2.30. The van der Waals surface area contributed by atoms with Gasteiger partial charge in [-0.05, 0) is 12.8 Å². The standard InChI is InChI=1S/C10H21N3O2/c1-15-9-2-6-13(7-3-9)8-10(14)12-5-4-11/h9H,2-8,11H2,1H3,(H,12,14). The molecule has 1 aliphatic heterocycles. The molecule has 5 nitrogen and oxygen atoms in total. The largest absolute Gasteiger partial charge is 0.381 e. The normalized spacial score (nSPS) is 19.1. The fraction of sp³-hybridized carbons (Fsp3) is 0.900. The molecular formula is C10H21N3O2. The molecule has 0 atom stereocenters. The minimum Gasteiger partial charge on any atom is -0.381 e. The SMILES string of the molecule is COC1CCN(CC(=O)NCCN)CC1. The molecule has 0 aliphatic carbocycles. The summed E-state index contributed by atoms with van der Waals surface area (Å²) >= 11 is 0. The number of ether oxygens (including phenoxy) is 1. The molecule has 1 aliphatic rings. The summed E-state index contributed by atoms with van der Waals surface area (Å²) in [4.78, 5) is 13.5. The van der Waals surface area contributed by atoms with Crippen molar-refractivity contribution in [3.05, 3.63) is 0 Å². The van der Waals surface area contributed by atoms with Crippen LogP contribution in [0.5, 0.6) is 0 Å². The van der Waals surface area contributed by atoms with Gasteiger partial charge in [-0.15, -0.1) is 0 Å². The molecule has 0 aromatic rings. The van der Waals surface area contributed by atoms with Crippen molar-refractivity contribution in [2.75, 3.05) is 39.8 Å². The van der Waals surface area contributed by atoms with Crippen LogP contribution in [0.15, 0.2) is 0 Å². The molecule has 1 fully saturated rings. The van der Waals surface area contributed by atoms with Gasteiger partial charge in [0, 0.05) is 33.3 Å². The molecule has 0 spiro atoms. The van der Waals surface area contributed by atoms with Gasteiger partial charge in [0.05, 0.1) is 12.6 Å². The van der Waals surface area contributed by atoms with Gasteiger partial charge < -0.3 is 15.8 Å². The fourth-order valence-electron chi connectivity index (χ4n) is 1.77. The first-order chi connectivity index (χ1) is 7.26. The van der Waals surface area contributed by atoms with Gasteiger partial charge >= 0.3 is 0 Å². The molecule has 0 bridgehead atoms. The zero-order valence-corrected chi connectivity index (χ0v) is 9.37. The number of amides is 1. The van der Waals surface area contributed by atoms with Gasteiger partial charge in [-0.25, -0.2) is 0 Å². The smallest absolute Gasteiger partial charge is 0.234 e. The number of carbonyl (C=O) groups excluding carboxylic acids is 1. The fourth-order valence-corrected chi connectivity index (χ4v) is 1.77. The second-order valence-electron chi connectivity index (χ2n) is 3.85. The van der Waals surface area contributed by atoms with Gasteiger partial charge in [0.1, 0.15) is 0 Å². The summed E-state index contributed by atoms with van der Waals surface area (Å²) < 4.78 is 5.27. The molecule has 1 saturated heterocycles. The summed E-state index contributed by atoms with van der Waals surface area (Å²) in [6.45, 7) is 3.42. The van der Waals surface area contributed by atoms with Crippen LogP contribution in [-0.2, 0) is 9.53 Å². The van der Waals surface area contributed by atoms with Crippen molar-refractivity contribution in [1.82, 2.24) is 10.2 Å². The lowest BCUT2D eigenvalue weighted by atomic mass is 10.1. The monoisotopic (exact) mass is 215 g/mol. The molecule has 0 radical (unpaired) electrons. The average molecular weight is 215 g/mol. The van der Waals surface area contributed by atoms with Crippen LogP contribution in [0, 0.1) is 0 Å². The maximum Gasteiger partial charge on any atom is 0.234 e. The van der Waals surface area contributed by atoms with E-state index in [2.05, 4.69) is 10.2 Å². The number of carbonyl (C=O) groups is 1. The molecule has 5 heteroatoms. The first kappa shape index (κ1) is 12.4. The van der Waals surface area contributed by atoms with E-state index in [4.69, 9.17) is 10.5 Å². The molecule has 1 rings (SSSR count). The number of likely N-dealkylation sites (tertiary alicyclic amines) is 1. The quantitative estimate of drug-likeness (QED) is 0.628. The van der Waals surface area contributed by atoms with Gasteiger partial charge in [-0.3, -0.25) is 9.69 Å². The number of nitrogens with two attached hydrogens (primary N) is 1. The van der Waals surface area contributed by atoms with Crippen molar-refractivity contribution in [1.29, 1.82) is 0 Å². The molecular weight excluding hydrogens is 194 g/mol. The molecule has 3 N–H and O–H groups in total. The average Bonchev–Trinajstić information content (AvgIpc) is 2.27. The first-order valence-electron chi connectivity index (χ1n) is 5.48. The van der Waals surface area contributed by atoms with Crippen molar-refractivity contribution < 1.29 is 9.53 Å². The summed E-state index contributed by atoms with van der Waals surface area (Å²) in [5.41, 5.74) is 5.30. The third-order valence-corrected chi connectivity index (χ3v) is 2.70. The molecule has 88 valence electrons. The molecule has 15 heavy (non-hydrogen) atoms. The second kappa shape index (κ2) is 6.76. The molecule has 1 amide bonds. The van der Waals surface area contributed by atoms with Crippen molar-refractivity contribution in [2.45, 2.75) is 18.9 Å². The third kappa shape index (κ3) is 4.59. The van der Waals surface area contributed by atoms with Crippen LogP contribution in [-0.4, -0.2) is 56.7 Å². The van der Waals surface area contributed by atoms with E-state index in [1.165, 1.54) is 0 Å². The Hall–Kier alpha value is -0.650. The van der Waals surface area contributed by atoms with Crippen molar-refractivity contribution in [3.8, 4) is 0 Å². The lowest BCUT2D eigenvalue weighted by Crippen LogP contribution is -2.43. The topological polar surface area (TPSA) is 67.6 Å². The zero-order valence-electron chi connectivity index (χ0n) is 9.37. The van der Waals surface area contributed by atoms with Gasteiger partial charge in [-0.1, -0.05) is 0 Å². The minimum atomic E-state index is 0.0660. The highest BCUT2D eigenvalue weighted by Crippen LogP contribution is 2.11. The number of nitrogens with zero attached hydrogens (tertiary/aromatic N) is 1. The summed E-state index contributed by atoms with van der Waals surface area (Å²) in [7, 11) is 1.74.